The number of benzene rings is 3. The van der Waals surface area contributed by atoms with Crippen molar-refractivity contribution in [2.24, 2.45) is 0 Å². The summed E-state index contributed by atoms with van der Waals surface area (Å²) >= 11 is 0. The fraction of sp³-hybridized carbons (Fsp3) is 0.400. The summed E-state index contributed by atoms with van der Waals surface area (Å²) in [6.07, 6.45) is -0.571. The lowest BCUT2D eigenvalue weighted by Crippen LogP contribution is -2.51. The molecule has 7 heteroatoms. The highest BCUT2D eigenvalue weighted by Crippen LogP contribution is 2.30. The maximum Gasteiger partial charge on any atom is 0.261 e. The Kier molecular flexibility index (Phi) is 7.55. The van der Waals surface area contributed by atoms with Crippen molar-refractivity contribution in [2.45, 2.75) is 25.9 Å². The van der Waals surface area contributed by atoms with Gasteiger partial charge in [-0.2, -0.15) is 0 Å². The number of ether oxygens (including phenoxy) is 1. The Hall–Kier alpha value is -3.26. The zero-order chi connectivity index (χ0) is 25.9. The number of rotatable bonds is 9. The number of piperazine rings is 1. The Morgan fingerprint density at radius 1 is 0.811 bits per heavy atom. The molecule has 0 unspecified atom stereocenters. The minimum Gasteiger partial charge on any atom is -0.491 e. The number of hydrogen-bond donors (Lipinski definition) is 1. The number of nitrogens with zero attached hydrogens (tertiary/aromatic N) is 3. The number of aliphatic hydroxyl groups is 1. The first-order chi connectivity index (χ1) is 17.9. The van der Waals surface area contributed by atoms with Crippen molar-refractivity contribution >= 4 is 22.6 Å². The molecule has 0 radical (unpaired) electrons. The summed E-state index contributed by atoms with van der Waals surface area (Å²) < 4.78 is 5.94. The molecule has 7 nitrogen and oxygen atoms in total. The predicted molar refractivity (Wildman–Crippen MR) is 144 cm³/mol. The largest absolute Gasteiger partial charge is 0.491 e. The van der Waals surface area contributed by atoms with Gasteiger partial charge in [0.1, 0.15) is 18.5 Å². The molecule has 2 aliphatic rings. The molecule has 1 fully saturated rings. The van der Waals surface area contributed by atoms with E-state index in [0.717, 1.165) is 48.3 Å². The summed E-state index contributed by atoms with van der Waals surface area (Å²) in [7, 11) is 0. The highest BCUT2D eigenvalue weighted by atomic mass is 16.5. The van der Waals surface area contributed by atoms with Crippen LogP contribution in [0.25, 0.3) is 10.8 Å². The van der Waals surface area contributed by atoms with E-state index >= 15 is 0 Å². The van der Waals surface area contributed by atoms with Gasteiger partial charge in [-0.05, 0) is 35.1 Å². The van der Waals surface area contributed by atoms with Crippen LogP contribution in [0.5, 0.6) is 5.75 Å². The molecule has 37 heavy (non-hydrogen) atoms. The SMILES string of the molecule is CC(C)c1ccccc1OC[C@@H](O)CN1CCN(CCN2C(=O)c3cccc4cccc(c34)C2=O)CC1. The van der Waals surface area contributed by atoms with Crippen LogP contribution in [-0.2, 0) is 0 Å². The number of carbonyl (C=O) groups excluding carboxylic acids is 2. The van der Waals surface area contributed by atoms with E-state index in [2.05, 4.69) is 29.7 Å². The van der Waals surface area contributed by atoms with Crippen LogP contribution in [0.15, 0.2) is 60.7 Å². The molecule has 3 aromatic carbocycles. The Morgan fingerprint density at radius 3 is 2.08 bits per heavy atom. The van der Waals surface area contributed by atoms with Gasteiger partial charge in [-0.15, -0.1) is 0 Å². The molecule has 0 saturated carbocycles. The van der Waals surface area contributed by atoms with Crippen LogP contribution in [0, 0.1) is 0 Å². The molecule has 0 aliphatic carbocycles. The Labute approximate surface area is 218 Å². The van der Waals surface area contributed by atoms with Gasteiger partial charge < -0.3 is 9.84 Å². The first kappa shape index (κ1) is 25.4. The summed E-state index contributed by atoms with van der Waals surface area (Å²) in [5.74, 6) is 0.771. The van der Waals surface area contributed by atoms with Crippen LogP contribution in [0.2, 0.25) is 0 Å². The third-order valence-corrected chi connectivity index (χ3v) is 7.40. The Bertz CT molecular complexity index is 1230. The molecular weight excluding hydrogens is 466 g/mol. The monoisotopic (exact) mass is 501 g/mol. The summed E-state index contributed by atoms with van der Waals surface area (Å²) in [6.45, 7) is 9.39. The third kappa shape index (κ3) is 5.39. The van der Waals surface area contributed by atoms with Crippen molar-refractivity contribution in [1.29, 1.82) is 0 Å². The smallest absolute Gasteiger partial charge is 0.261 e. The van der Waals surface area contributed by atoms with E-state index in [-0.39, 0.29) is 18.4 Å². The minimum atomic E-state index is -0.571. The number of aliphatic hydroxyl groups excluding tert-OH is 1. The average Bonchev–Trinajstić information content (AvgIpc) is 2.91. The van der Waals surface area contributed by atoms with Gasteiger partial charge in [0.05, 0.1) is 0 Å². The van der Waals surface area contributed by atoms with Crippen molar-refractivity contribution in [3.8, 4) is 5.75 Å². The lowest BCUT2D eigenvalue weighted by Gasteiger charge is -2.36. The van der Waals surface area contributed by atoms with Gasteiger partial charge >= 0.3 is 0 Å². The van der Waals surface area contributed by atoms with Crippen molar-refractivity contribution < 1.29 is 19.4 Å². The Balaban J connectivity index is 1.09. The summed E-state index contributed by atoms with van der Waals surface area (Å²) in [5.41, 5.74) is 2.35. The van der Waals surface area contributed by atoms with Crippen LogP contribution in [0.1, 0.15) is 46.0 Å². The van der Waals surface area contributed by atoms with Gasteiger partial charge in [0.2, 0.25) is 0 Å². The number of para-hydroxylation sites is 1. The number of carbonyl (C=O) groups is 2. The summed E-state index contributed by atoms with van der Waals surface area (Å²) in [4.78, 5) is 32.2. The molecule has 1 N–H and O–H groups in total. The molecule has 0 spiro atoms. The molecule has 1 atom stereocenters. The molecule has 2 aliphatic heterocycles. The average molecular weight is 502 g/mol. The minimum absolute atomic E-state index is 0.213. The molecule has 0 aromatic heterocycles. The van der Waals surface area contributed by atoms with E-state index < -0.39 is 6.10 Å². The number of hydrogen-bond acceptors (Lipinski definition) is 6. The number of amides is 2. The maximum absolute atomic E-state index is 13.1. The molecule has 2 heterocycles. The van der Waals surface area contributed by atoms with Crippen LogP contribution >= 0.6 is 0 Å². The zero-order valence-electron chi connectivity index (χ0n) is 21.6. The van der Waals surface area contributed by atoms with E-state index in [9.17, 15) is 14.7 Å². The van der Waals surface area contributed by atoms with E-state index in [1.807, 2.05) is 54.6 Å². The topological polar surface area (TPSA) is 73.3 Å². The maximum atomic E-state index is 13.1. The molecule has 3 aromatic rings. The molecule has 1 saturated heterocycles. The van der Waals surface area contributed by atoms with Crippen LogP contribution < -0.4 is 4.74 Å². The fourth-order valence-corrected chi connectivity index (χ4v) is 5.35. The second-order valence-corrected chi connectivity index (χ2v) is 10.3. The van der Waals surface area contributed by atoms with Gasteiger partial charge in [0.15, 0.2) is 0 Å². The van der Waals surface area contributed by atoms with Crippen LogP contribution in [0.3, 0.4) is 0 Å². The molecular formula is C30H35N3O4. The van der Waals surface area contributed by atoms with Gasteiger partial charge in [-0.3, -0.25) is 24.3 Å². The van der Waals surface area contributed by atoms with Gasteiger partial charge in [0.25, 0.3) is 11.8 Å². The number of imide groups is 1. The van der Waals surface area contributed by atoms with Gasteiger partial charge in [-0.1, -0.05) is 56.3 Å². The first-order valence-electron chi connectivity index (χ1n) is 13.1. The lowest BCUT2D eigenvalue weighted by molar-refractivity contribution is 0.0414. The molecule has 194 valence electrons. The van der Waals surface area contributed by atoms with E-state index in [1.165, 1.54) is 4.90 Å². The molecule has 2 amide bonds. The second kappa shape index (κ2) is 11.0. The third-order valence-electron chi connectivity index (χ3n) is 7.40. The summed E-state index contributed by atoms with van der Waals surface area (Å²) in [5, 5.41) is 12.3. The highest BCUT2D eigenvalue weighted by molar-refractivity contribution is 6.25. The normalized spacial score (nSPS) is 17.6. The second-order valence-electron chi connectivity index (χ2n) is 10.3. The Morgan fingerprint density at radius 2 is 1.43 bits per heavy atom. The van der Waals surface area contributed by atoms with Gasteiger partial charge in [0, 0.05) is 62.3 Å². The van der Waals surface area contributed by atoms with Crippen molar-refractivity contribution in [1.82, 2.24) is 14.7 Å². The van der Waals surface area contributed by atoms with Crippen molar-refractivity contribution in [3.63, 3.8) is 0 Å². The predicted octanol–water partition coefficient (Wildman–Crippen LogP) is 3.62. The highest BCUT2D eigenvalue weighted by Gasteiger charge is 2.33. The van der Waals surface area contributed by atoms with Crippen molar-refractivity contribution in [3.05, 3.63) is 77.4 Å². The van der Waals surface area contributed by atoms with Crippen LogP contribution in [0.4, 0.5) is 0 Å². The zero-order valence-corrected chi connectivity index (χ0v) is 21.6. The molecule has 5 rings (SSSR count). The molecule has 0 bridgehead atoms. The van der Waals surface area contributed by atoms with Crippen molar-refractivity contribution in [2.75, 3.05) is 52.4 Å². The first-order valence-corrected chi connectivity index (χ1v) is 13.1. The lowest BCUT2D eigenvalue weighted by atomic mass is 9.94. The number of β-amino-alcohol motifs (C(OH)–C–C–N with tert-alkyl or cyclic N) is 1. The fourth-order valence-electron chi connectivity index (χ4n) is 5.35. The standard InChI is InChI=1S/C30H35N3O4/c1-21(2)24-9-3-4-12-27(24)37-20-23(34)19-32-15-13-31(14-16-32)17-18-33-29(35)25-10-5-7-22-8-6-11-26(28(22)25)30(33)36/h3-12,21,23,34H,13-20H2,1-2H3/t23-/m0/s1. The van der Waals surface area contributed by atoms with E-state index in [1.54, 1.807) is 0 Å². The van der Waals surface area contributed by atoms with Crippen LogP contribution in [-0.4, -0.2) is 90.1 Å². The quantitative estimate of drug-likeness (QED) is 0.452. The summed E-state index contributed by atoms with van der Waals surface area (Å²) in [6, 6.07) is 19.2. The van der Waals surface area contributed by atoms with E-state index in [0.29, 0.717) is 36.7 Å². The van der Waals surface area contributed by atoms with Gasteiger partial charge in [-0.25, -0.2) is 0 Å². The van der Waals surface area contributed by atoms with E-state index in [4.69, 9.17) is 4.74 Å².